The molecule has 2 aromatic rings. The molecule has 24 heavy (non-hydrogen) atoms. The summed E-state index contributed by atoms with van der Waals surface area (Å²) in [5, 5.41) is 0.760. The Morgan fingerprint density at radius 2 is 2.00 bits per heavy atom. The highest BCUT2D eigenvalue weighted by molar-refractivity contribution is 6.30. The van der Waals surface area contributed by atoms with Crippen molar-refractivity contribution in [3.05, 3.63) is 58.7 Å². The fourth-order valence-corrected chi connectivity index (χ4v) is 3.22. The summed E-state index contributed by atoms with van der Waals surface area (Å²) in [4.78, 5) is 20.8. The zero-order valence-electron chi connectivity index (χ0n) is 14.1. The molecule has 5 heteroatoms. The van der Waals surface area contributed by atoms with Crippen LogP contribution in [0.4, 0.5) is 5.82 Å². The maximum Gasteiger partial charge on any atom is 0.255 e. The number of nitrogens with zero attached hydrogens (tertiary/aromatic N) is 3. The fraction of sp³-hybridized carbons (Fsp3) is 0.368. The third kappa shape index (κ3) is 3.88. The van der Waals surface area contributed by atoms with Crippen LogP contribution < -0.4 is 4.90 Å². The van der Waals surface area contributed by atoms with Crippen molar-refractivity contribution in [1.82, 2.24) is 9.88 Å². The number of anilines is 1. The van der Waals surface area contributed by atoms with E-state index in [1.165, 1.54) is 5.56 Å². The summed E-state index contributed by atoms with van der Waals surface area (Å²) in [6.45, 7) is 1.61. The van der Waals surface area contributed by atoms with E-state index in [-0.39, 0.29) is 5.91 Å². The number of benzene rings is 1. The Balaban J connectivity index is 1.60. The Kier molecular flexibility index (Phi) is 5.05. The molecule has 0 bridgehead atoms. The molecule has 2 heterocycles. The second-order valence-electron chi connectivity index (χ2n) is 6.54. The maximum atomic E-state index is 12.6. The van der Waals surface area contributed by atoms with Gasteiger partial charge in [0.15, 0.2) is 0 Å². The van der Waals surface area contributed by atoms with Crippen LogP contribution in [0.5, 0.6) is 0 Å². The Morgan fingerprint density at radius 3 is 2.62 bits per heavy atom. The molecular formula is C19H22ClN3O. The van der Waals surface area contributed by atoms with Crippen LogP contribution in [0.2, 0.25) is 5.02 Å². The number of aromatic nitrogens is 1. The lowest BCUT2D eigenvalue weighted by molar-refractivity contribution is 0.0786. The van der Waals surface area contributed by atoms with Crippen molar-refractivity contribution in [1.29, 1.82) is 0 Å². The maximum absolute atomic E-state index is 12.6. The lowest BCUT2D eigenvalue weighted by Crippen LogP contribution is -2.29. The standard InChI is InChI=1S/C19H22ClN3O/c1-22(2)18-8-5-16(12-21-18)19(24)23-10-9-15(13-23)11-14-3-6-17(20)7-4-14/h3-8,12,15H,9-11,13H2,1-2H3. The van der Waals surface area contributed by atoms with Gasteiger partial charge >= 0.3 is 0 Å². The summed E-state index contributed by atoms with van der Waals surface area (Å²) in [6, 6.07) is 11.7. The van der Waals surface area contributed by atoms with E-state index in [1.54, 1.807) is 6.20 Å². The molecule has 0 aliphatic carbocycles. The van der Waals surface area contributed by atoms with Crippen LogP contribution in [0, 0.1) is 5.92 Å². The number of rotatable bonds is 4. The van der Waals surface area contributed by atoms with E-state index < -0.39 is 0 Å². The van der Waals surface area contributed by atoms with Crippen molar-refractivity contribution < 1.29 is 4.79 Å². The lowest BCUT2D eigenvalue weighted by Gasteiger charge is -2.17. The van der Waals surface area contributed by atoms with Gasteiger partial charge < -0.3 is 9.80 Å². The molecule has 1 aliphatic rings. The van der Waals surface area contributed by atoms with Crippen LogP contribution in [0.25, 0.3) is 0 Å². The second-order valence-corrected chi connectivity index (χ2v) is 6.97. The van der Waals surface area contributed by atoms with E-state index in [2.05, 4.69) is 17.1 Å². The number of halogens is 1. The molecule has 0 spiro atoms. The van der Waals surface area contributed by atoms with Crippen molar-refractivity contribution in [2.24, 2.45) is 5.92 Å². The minimum atomic E-state index is 0.0754. The summed E-state index contributed by atoms with van der Waals surface area (Å²) in [6.07, 6.45) is 3.69. The molecule has 0 N–H and O–H groups in total. The van der Waals surface area contributed by atoms with Crippen LogP contribution >= 0.6 is 11.6 Å². The first-order chi connectivity index (χ1) is 11.5. The van der Waals surface area contributed by atoms with Crippen LogP contribution in [0.3, 0.4) is 0 Å². The van der Waals surface area contributed by atoms with Gasteiger partial charge in [-0.3, -0.25) is 4.79 Å². The van der Waals surface area contributed by atoms with E-state index in [0.717, 1.165) is 36.8 Å². The molecule has 1 unspecified atom stereocenters. The minimum absolute atomic E-state index is 0.0754. The van der Waals surface area contributed by atoms with Gasteiger partial charge in [0.05, 0.1) is 5.56 Å². The molecule has 4 nitrogen and oxygen atoms in total. The lowest BCUT2D eigenvalue weighted by atomic mass is 9.99. The molecule has 1 fully saturated rings. The summed E-state index contributed by atoms with van der Waals surface area (Å²) >= 11 is 5.93. The first-order valence-electron chi connectivity index (χ1n) is 8.20. The van der Waals surface area contributed by atoms with Gasteiger partial charge in [0.1, 0.15) is 5.82 Å². The molecule has 1 saturated heterocycles. The topological polar surface area (TPSA) is 36.4 Å². The number of pyridine rings is 1. The fourth-order valence-electron chi connectivity index (χ4n) is 3.10. The Morgan fingerprint density at radius 1 is 1.25 bits per heavy atom. The average molecular weight is 344 g/mol. The Labute approximate surface area is 148 Å². The summed E-state index contributed by atoms with van der Waals surface area (Å²) in [7, 11) is 3.87. The number of carbonyl (C=O) groups is 1. The highest BCUT2D eigenvalue weighted by Crippen LogP contribution is 2.23. The highest BCUT2D eigenvalue weighted by Gasteiger charge is 2.27. The second kappa shape index (κ2) is 7.22. The van der Waals surface area contributed by atoms with Crippen molar-refractivity contribution in [3.63, 3.8) is 0 Å². The van der Waals surface area contributed by atoms with Crippen molar-refractivity contribution in [2.45, 2.75) is 12.8 Å². The first kappa shape index (κ1) is 16.8. The van der Waals surface area contributed by atoms with E-state index in [9.17, 15) is 4.79 Å². The Bertz CT molecular complexity index is 698. The summed E-state index contributed by atoms with van der Waals surface area (Å²) < 4.78 is 0. The van der Waals surface area contributed by atoms with Gasteiger partial charge in [-0.05, 0) is 48.6 Å². The van der Waals surface area contributed by atoms with Gasteiger partial charge in [-0.15, -0.1) is 0 Å². The quantitative estimate of drug-likeness (QED) is 0.852. The molecule has 1 aromatic heterocycles. The summed E-state index contributed by atoms with van der Waals surface area (Å²) in [5.74, 6) is 1.43. The molecule has 1 atom stereocenters. The third-order valence-corrected chi connectivity index (χ3v) is 4.72. The van der Waals surface area contributed by atoms with Gasteiger partial charge in [0.25, 0.3) is 5.91 Å². The molecule has 1 aliphatic heterocycles. The first-order valence-corrected chi connectivity index (χ1v) is 8.58. The van der Waals surface area contributed by atoms with Gasteiger partial charge in [-0.2, -0.15) is 0 Å². The SMILES string of the molecule is CN(C)c1ccc(C(=O)N2CCC(Cc3ccc(Cl)cc3)C2)cn1. The van der Waals surface area contributed by atoms with Crippen LogP contribution in [-0.2, 0) is 6.42 Å². The number of amides is 1. The molecule has 126 valence electrons. The molecule has 0 saturated carbocycles. The zero-order valence-corrected chi connectivity index (χ0v) is 14.8. The van der Waals surface area contributed by atoms with Gasteiger partial charge in [0, 0.05) is 38.4 Å². The molecule has 1 aromatic carbocycles. The average Bonchev–Trinajstić information content (AvgIpc) is 3.05. The highest BCUT2D eigenvalue weighted by atomic mass is 35.5. The van der Waals surface area contributed by atoms with Crippen LogP contribution in [-0.4, -0.2) is 43.0 Å². The van der Waals surface area contributed by atoms with Gasteiger partial charge in [0.2, 0.25) is 0 Å². The normalized spacial score (nSPS) is 17.1. The molecule has 3 rings (SSSR count). The minimum Gasteiger partial charge on any atom is -0.363 e. The third-order valence-electron chi connectivity index (χ3n) is 4.46. The van der Waals surface area contributed by atoms with E-state index in [1.807, 2.05) is 48.2 Å². The van der Waals surface area contributed by atoms with Crippen molar-refractivity contribution >= 4 is 23.3 Å². The number of carbonyl (C=O) groups excluding carboxylic acids is 1. The monoisotopic (exact) mass is 343 g/mol. The molecule has 0 radical (unpaired) electrons. The van der Waals surface area contributed by atoms with E-state index >= 15 is 0 Å². The zero-order chi connectivity index (χ0) is 17.1. The summed E-state index contributed by atoms with van der Waals surface area (Å²) in [5.41, 5.74) is 1.93. The number of hydrogen-bond acceptors (Lipinski definition) is 3. The van der Waals surface area contributed by atoms with Crippen molar-refractivity contribution in [2.75, 3.05) is 32.1 Å². The van der Waals surface area contributed by atoms with Gasteiger partial charge in [-0.1, -0.05) is 23.7 Å². The van der Waals surface area contributed by atoms with E-state index in [4.69, 9.17) is 11.6 Å². The van der Waals surface area contributed by atoms with E-state index in [0.29, 0.717) is 11.5 Å². The smallest absolute Gasteiger partial charge is 0.255 e. The van der Waals surface area contributed by atoms with Crippen LogP contribution in [0.1, 0.15) is 22.3 Å². The number of likely N-dealkylation sites (tertiary alicyclic amines) is 1. The van der Waals surface area contributed by atoms with Gasteiger partial charge in [-0.25, -0.2) is 4.98 Å². The van der Waals surface area contributed by atoms with Crippen LogP contribution in [0.15, 0.2) is 42.6 Å². The predicted molar refractivity (Wildman–Crippen MR) is 97.7 cm³/mol. The predicted octanol–water partition coefficient (Wildman–Crippen LogP) is 3.51. The molecule has 1 amide bonds. The number of hydrogen-bond donors (Lipinski definition) is 0. The Hall–Kier alpha value is -2.07. The van der Waals surface area contributed by atoms with Crippen molar-refractivity contribution in [3.8, 4) is 0 Å². The molecular weight excluding hydrogens is 322 g/mol. The largest absolute Gasteiger partial charge is 0.363 e.